The van der Waals surface area contributed by atoms with Gasteiger partial charge in [0.05, 0.1) is 11.4 Å². The molecule has 5 nitrogen and oxygen atoms in total. The Morgan fingerprint density at radius 2 is 1.88 bits per heavy atom. The second-order valence-corrected chi connectivity index (χ2v) is 3.70. The minimum atomic E-state index is -0.233. The monoisotopic (exact) mass is 231 g/mol. The molecule has 0 fully saturated rings. The molecular weight excluding hydrogens is 218 g/mol. The fourth-order valence-electron chi connectivity index (χ4n) is 1.79. The molecule has 88 valence electrons. The van der Waals surface area contributed by atoms with E-state index in [0.717, 1.165) is 5.69 Å². The summed E-state index contributed by atoms with van der Waals surface area (Å²) in [5, 5.41) is 2.44. The third-order valence-electron chi connectivity index (χ3n) is 2.76. The predicted octanol–water partition coefficient (Wildman–Crippen LogP) is 1.05. The second-order valence-electron chi connectivity index (χ2n) is 3.70. The highest BCUT2D eigenvalue weighted by Crippen LogP contribution is 2.12. The number of para-hydroxylation sites is 1. The zero-order valence-electron chi connectivity index (χ0n) is 9.68. The van der Waals surface area contributed by atoms with Crippen molar-refractivity contribution in [3.8, 4) is 5.69 Å². The molecule has 1 heterocycles. The van der Waals surface area contributed by atoms with E-state index < -0.39 is 0 Å². The quantitative estimate of drug-likeness (QED) is 0.803. The third-order valence-corrected chi connectivity index (χ3v) is 2.76. The van der Waals surface area contributed by atoms with Crippen LogP contribution in [0.25, 0.3) is 5.69 Å². The zero-order chi connectivity index (χ0) is 12.4. The number of hydrogen-bond acceptors (Lipinski definition) is 2. The van der Waals surface area contributed by atoms with Gasteiger partial charge in [-0.25, -0.2) is 4.68 Å². The van der Waals surface area contributed by atoms with Crippen molar-refractivity contribution in [1.29, 1.82) is 0 Å². The van der Waals surface area contributed by atoms with Gasteiger partial charge in [0, 0.05) is 7.05 Å². The highest BCUT2D eigenvalue weighted by atomic mass is 16.1. The van der Waals surface area contributed by atoms with Gasteiger partial charge in [-0.1, -0.05) is 18.2 Å². The smallest absolute Gasteiger partial charge is 0.295 e. The van der Waals surface area contributed by atoms with Crippen molar-refractivity contribution >= 4 is 12.1 Å². The summed E-state index contributed by atoms with van der Waals surface area (Å²) >= 11 is 0. The topological polar surface area (TPSA) is 56.0 Å². The van der Waals surface area contributed by atoms with Crippen LogP contribution in [0.2, 0.25) is 0 Å². The molecule has 17 heavy (non-hydrogen) atoms. The van der Waals surface area contributed by atoms with E-state index in [1.807, 2.05) is 30.3 Å². The SMILES string of the molecule is Cc1c(NC=O)c(=O)n(-c2ccccc2)n1C. The maximum Gasteiger partial charge on any atom is 0.295 e. The molecule has 2 rings (SSSR count). The number of amides is 1. The number of benzene rings is 1. The van der Waals surface area contributed by atoms with Crippen molar-refractivity contribution in [3.05, 3.63) is 46.4 Å². The van der Waals surface area contributed by atoms with Crippen LogP contribution in [0.4, 0.5) is 5.69 Å². The highest BCUT2D eigenvalue weighted by Gasteiger charge is 2.14. The number of carbonyl (C=O) groups is 1. The van der Waals surface area contributed by atoms with E-state index in [1.54, 1.807) is 18.7 Å². The summed E-state index contributed by atoms with van der Waals surface area (Å²) in [5.41, 5.74) is 1.56. The molecule has 2 aromatic rings. The Hall–Kier alpha value is -2.30. The number of anilines is 1. The lowest BCUT2D eigenvalue weighted by atomic mass is 10.3. The molecule has 1 amide bonds. The molecule has 0 atom stereocenters. The molecule has 0 aliphatic heterocycles. The van der Waals surface area contributed by atoms with Crippen LogP contribution < -0.4 is 10.9 Å². The minimum absolute atomic E-state index is 0.233. The van der Waals surface area contributed by atoms with Gasteiger partial charge >= 0.3 is 0 Å². The minimum Gasteiger partial charge on any atom is -0.323 e. The first-order chi connectivity index (χ1) is 8.16. The van der Waals surface area contributed by atoms with Gasteiger partial charge in [0.15, 0.2) is 0 Å². The van der Waals surface area contributed by atoms with E-state index in [4.69, 9.17) is 0 Å². The number of aromatic nitrogens is 2. The van der Waals surface area contributed by atoms with Gasteiger partial charge in [-0.15, -0.1) is 0 Å². The molecule has 5 heteroatoms. The Kier molecular flexibility index (Phi) is 2.82. The first-order valence-electron chi connectivity index (χ1n) is 5.21. The van der Waals surface area contributed by atoms with Crippen molar-refractivity contribution in [2.75, 3.05) is 5.32 Å². The molecule has 0 aliphatic rings. The van der Waals surface area contributed by atoms with Gasteiger partial charge in [-0.3, -0.25) is 14.3 Å². The molecule has 1 aromatic carbocycles. The van der Waals surface area contributed by atoms with Gasteiger partial charge < -0.3 is 5.32 Å². The molecule has 0 radical (unpaired) electrons. The summed E-state index contributed by atoms with van der Waals surface area (Å²) in [7, 11) is 1.78. The molecule has 0 saturated heterocycles. The number of nitrogens with one attached hydrogen (secondary N) is 1. The van der Waals surface area contributed by atoms with E-state index in [0.29, 0.717) is 17.8 Å². The van der Waals surface area contributed by atoms with Crippen LogP contribution >= 0.6 is 0 Å². The standard InChI is InChI=1S/C12H13N3O2/c1-9-11(13-8-16)12(17)15(14(9)2)10-6-4-3-5-7-10/h3-8H,1-2H3,(H,13,16). The predicted molar refractivity (Wildman–Crippen MR) is 65.4 cm³/mol. The summed E-state index contributed by atoms with van der Waals surface area (Å²) in [4.78, 5) is 22.6. The van der Waals surface area contributed by atoms with Crippen LogP contribution in [0, 0.1) is 6.92 Å². The molecule has 0 unspecified atom stereocenters. The molecule has 0 bridgehead atoms. The Bertz CT molecular complexity index is 596. The van der Waals surface area contributed by atoms with Crippen molar-refractivity contribution in [3.63, 3.8) is 0 Å². The van der Waals surface area contributed by atoms with Gasteiger partial charge in [0.25, 0.3) is 5.56 Å². The average molecular weight is 231 g/mol. The van der Waals surface area contributed by atoms with Gasteiger partial charge in [0.1, 0.15) is 5.69 Å². The fraction of sp³-hybridized carbons (Fsp3) is 0.167. The van der Waals surface area contributed by atoms with E-state index in [-0.39, 0.29) is 5.56 Å². The second kappa shape index (κ2) is 4.29. The van der Waals surface area contributed by atoms with Crippen LogP contribution in [0.3, 0.4) is 0 Å². The summed E-state index contributed by atoms with van der Waals surface area (Å²) < 4.78 is 3.23. The van der Waals surface area contributed by atoms with Crippen molar-refractivity contribution in [2.45, 2.75) is 6.92 Å². The lowest BCUT2D eigenvalue weighted by Crippen LogP contribution is -2.20. The average Bonchev–Trinajstić information content (AvgIpc) is 2.55. The van der Waals surface area contributed by atoms with Gasteiger partial charge in [0.2, 0.25) is 6.41 Å². The Morgan fingerprint density at radius 3 is 2.47 bits per heavy atom. The Morgan fingerprint density at radius 1 is 1.24 bits per heavy atom. The Balaban J connectivity index is 2.68. The summed E-state index contributed by atoms with van der Waals surface area (Å²) in [5.74, 6) is 0. The van der Waals surface area contributed by atoms with E-state index >= 15 is 0 Å². The first kappa shape index (κ1) is 11.2. The van der Waals surface area contributed by atoms with Crippen molar-refractivity contribution < 1.29 is 4.79 Å². The molecule has 0 spiro atoms. The first-order valence-corrected chi connectivity index (χ1v) is 5.21. The van der Waals surface area contributed by atoms with Crippen molar-refractivity contribution in [1.82, 2.24) is 9.36 Å². The molecular formula is C12H13N3O2. The number of nitrogens with zero attached hydrogens (tertiary/aromatic N) is 2. The molecule has 0 saturated carbocycles. The van der Waals surface area contributed by atoms with Gasteiger partial charge in [-0.05, 0) is 19.1 Å². The van der Waals surface area contributed by atoms with Crippen molar-refractivity contribution in [2.24, 2.45) is 7.05 Å². The zero-order valence-corrected chi connectivity index (χ0v) is 9.68. The lowest BCUT2D eigenvalue weighted by Gasteiger charge is -2.07. The molecule has 1 aromatic heterocycles. The number of hydrogen-bond donors (Lipinski definition) is 1. The lowest BCUT2D eigenvalue weighted by molar-refractivity contribution is -0.105. The van der Waals surface area contributed by atoms with E-state index in [1.165, 1.54) is 4.68 Å². The van der Waals surface area contributed by atoms with Crippen LogP contribution in [0.15, 0.2) is 35.1 Å². The summed E-state index contributed by atoms with van der Waals surface area (Å²) in [6.45, 7) is 1.78. The fourth-order valence-corrected chi connectivity index (χ4v) is 1.79. The summed E-state index contributed by atoms with van der Waals surface area (Å²) in [6.07, 6.45) is 0.513. The molecule has 1 N–H and O–H groups in total. The number of carbonyl (C=O) groups excluding carboxylic acids is 1. The maximum atomic E-state index is 12.1. The van der Waals surface area contributed by atoms with Crippen LogP contribution in [-0.4, -0.2) is 15.8 Å². The Labute approximate surface area is 98.3 Å². The summed E-state index contributed by atoms with van der Waals surface area (Å²) in [6, 6.07) is 9.28. The largest absolute Gasteiger partial charge is 0.323 e. The normalized spacial score (nSPS) is 10.2. The number of rotatable bonds is 3. The van der Waals surface area contributed by atoms with Crippen LogP contribution in [0.1, 0.15) is 5.69 Å². The van der Waals surface area contributed by atoms with E-state index in [2.05, 4.69) is 5.32 Å². The van der Waals surface area contributed by atoms with Crippen LogP contribution in [-0.2, 0) is 11.8 Å². The highest BCUT2D eigenvalue weighted by molar-refractivity contribution is 5.72. The maximum absolute atomic E-state index is 12.1. The van der Waals surface area contributed by atoms with Crippen LogP contribution in [0.5, 0.6) is 0 Å². The van der Waals surface area contributed by atoms with E-state index in [9.17, 15) is 9.59 Å². The third kappa shape index (κ3) is 1.75. The molecule has 0 aliphatic carbocycles. The van der Waals surface area contributed by atoms with Gasteiger partial charge in [-0.2, -0.15) is 0 Å².